The number of nitrogens with zero attached hydrogens (tertiary/aromatic N) is 4. The van der Waals surface area contributed by atoms with Crippen LogP contribution in [0.25, 0.3) is 93.2 Å². The Hall–Kier alpha value is -6.60. The molecule has 71 heavy (non-hydrogen) atoms. The van der Waals surface area contributed by atoms with Crippen molar-refractivity contribution < 1.29 is 25.6 Å². The Bertz CT molecular complexity index is 3760. The van der Waals surface area contributed by atoms with Crippen LogP contribution < -0.4 is 5.19 Å². The number of hydrogen-bond acceptors (Lipinski definition) is 4. The monoisotopic (exact) mass is 1140 g/mol. The van der Waals surface area contributed by atoms with E-state index in [0.29, 0.717) is 5.56 Å². The van der Waals surface area contributed by atoms with E-state index < -0.39 is 20.8 Å². The van der Waals surface area contributed by atoms with Crippen molar-refractivity contribution in [2.45, 2.75) is 72.4 Å². The molecular formula is C64H58IrN4SSi-2. The van der Waals surface area contributed by atoms with E-state index >= 15 is 0 Å². The summed E-state index contributed by atoms with van der Waals surface area (Å²) in [5, 5.41) is 3.42. The van der Waals surface area contributed by atoms with Crippen LogP contribution in [-0.4, -0.2) is 27.6 Å². The maximum atomic E-state index is 8.44. The molecule has 7 aromatic carbocycles. The van der Waals surface area contributed by atoms with Crippen molar-refractivity contribution in [3.8, 4) is 61.8 Å². The molecule has 0 aliphatic heterocycles. The van der Waals surface area contributed by atoms with Crippen LogP contribution in [0, 0.1) is 19.0 Å². The first-order valence-electron chi connectivity index (χ1n) is 25.8. The molecule has 1 radical (unpaired) electrons. The van der Waals surface area contributed by atoms with Gasteiger partial charge in [0.25, 0.3) is 0 Å². The van der Waals surface area contributed by atoms with Crippen LogP contribution >= 0.6 is 11.3 Å². The van der Waals surface area contributed by atoms with Gasteiger partial charge in [-0.15, -0.1) is 54.1 Å². The van der Waals surface area contributed by atoms with E-state index in [-0.39, 0.29) is 25.5 Å². The summed E-state index contributed by atoms with van der Waals surface area (Å²) in [6.45, 7) is 15.5. The van der Waals surface area contributed by atoms with Crippen LogP contribution in [0.3, 0.4) is 0 Å². The zero-order chi connectivity index (χ0) is 52.2. The van der Waals surface area contributed by atoms with E-state index in [1.807, 2.05) is 74.6 Å². The number of thiophene rings is 1. The van der Waals surface area contributed by atoms with Crippen LogP contribution in [0.5, 0.6) is 0 Å². The van der Waals surface area contributed by atoms with Gasteiger partial charge in [0, 0.05) is 48.5 Å². The van der Waals surface area contributed by atoms with Crippen molar-refractivity contribution in [3.05, 3.63) is 211 Å². The number of benzene rings is 7. The summed E-state index contributed by atoms with van der Waals surface area (Å²) in [7, 11) is -1.50. The van der Waals surface area contributed by atoms with Gasteiger partial charge in [0.1, 0.15) is 4.83 Å². The fraction of sp³-hybridized carbons (Fsp3) is 0.172. The molecule has 4 heterocycles. The fourth-order valence-corrected chi connectivity index (χ4v) is 11.9. The molecule has 4 nitrogen and oxygen atoms in total. The molecule has 0 fully saturated rings. The van der Waals surface area contributed by atoms with Crippen molar-refractivity contribution in [2.75, 3.05) is 0 Å². The zero-order valence-electron chi connectivity index (χ0n) is 45.4. The smallest absolute Gasteiger partial charge is 0.114 e. The van der Waals surface area contributed by atoms with Gasteiger partial charge in [0.15, 0.2) is 0 Å². The first kappa shape index (κ1) is 44.3. The Balaban J connectivity index is 0.000000277. The van der Waals surface area contributed by atoms with Gasteiger partial charge >= 0.3 is 0 Å². The minimum absolute atomic E-state index is 0. The van der Waals surface area contributed by atoms with Crippen molar-refractivity contribution in [3.63, 3.8) is 0 Å². The number of pyridine rings is 2. The first-order chi connectivity index (χ1) is 35.2. The van der Waals surface area contributed by atoms with Crippen molar-refractivity contribution in [2.24, 2.45) is 0 Å². The van der Waals surface area contributed by atoms with Gasteiger partial charge in [-0.05, 0) is 86.1 Å². The molecule has 4 aromatic heterocycles. The SMILES string of the molecule is [2H]C(C)(C)c1cc(-c2[c-]cccc2)ncc1[Si](C)(C)C.[2H]C([2H])([2H])c1ccc(-c2ccc3c(n2)sc2c(-c4nc5ccccc5n4-c4c(-c5ccccc5)cc(C(C)(C)C)cc4-c4ccccc4)[c-]ccc23)cc1.[Ir]. The van der Waals surface area contributed by atoms with Crippen LogP contribution in [0.1, 0.15) is 62.7 Å². The molecule has 0 atom stereocenters. The topological polar surface area (TPSA) is 43.6 Å². The summed E-state index contributed by atoms with van der Waals surface area (Å²) in [6, 6.07) is 66.4. The summed E-state index contributed by atoms with van der Waals surface area (Å²) < 4.78 is 35.1. The standard InChI is InChI=1S/C47H36N3S.C17H22NSi.Ir/c1-30-22-24-33(25-23-30)40-27-26-36-35-18-13-19-37(44(35)51-46(36)49-40)45-48-41-20-11-12-21-42(41)50(45)43-38(31-14-7-5-8-15-31)28-34(47(2,3)4)29-39(43)32-16-9-6-10-17-32;1-13(2)15-11-16(14-9-7-6-8-10-14)18-12-17(15)19(3,4)5;/h5-18,20-29H,1-4H3;6-9,11-13H,1-5H3;/q2*-1;/i1D3;13D;. The largest absolute Gasteiger partial charge is 0.332 e. The van der Waals surface area contributed by atoms with Gasteiger partial charge in [0.2, 0.25) is 0 Å². The minimum atomic E-state index is -2.15. The average Bonchev–Trinajstić information content (AvgIpc) is 3.98. The number of imidazole rings is 1. The maximum absolute atomic E-state index is 8.44. The molecule has 0 N–H and O–H groups in total. The van der Waals surface area contributed by atoms with Crippen molar-refractivity contribution >= 4 is 55.9 Å². The normalized spacial score (nSPS) is 12.9. The Morgan fingerprint density at radius 3 is 1.94 bits per heavy atom. The fourth-order valence-electron chi connectivity index (χ4n) is 9.16. The third kappa shape index (κ3) is 10.0. The molecule has 0 bridgehead atoms. The molecule has 0 aliphatic carbocycles. The van der Waals surface area contributed by atoms with Gasteiger partial charge in [0.05, 0.1) is 36.3 Å². The van der Waals surface area contributed by atoms with Crippen LogP contribution in [-0.2, 0) is 25.5 Å². The Morgan fingerprint density at radius 1 is 0.662 bits per heavy atom. The van der Waals surface area contributed by atoms with Crippen LogP contribution in [0.4, 0.5) is 0 Å². The molecule has 0 saturated heterocycles. The Kier molecular flexibility index (Phi) is 12.6. The number of rotatable bonds is 8. The van der Waals surface area contributed by atoms with E-state index in [2.05, 4.69) is 171 Å². The average molecular weight is 1140 g/mol. The third-order valence-electron chi connectivity index (χ3n) is 12.9. The molecule has 0 saturated carbocycles. The van der Waals surface area contributed by atoms with Crippen LogP contribution in [0.15, 0.2) is 182 Å². The van der Waals surface area contributed by atoms with E-state index in [1.54, 1.807) is 23.5 Å². The van der Waals surface area contributed by atoms with Crippen LogP contribution in [0.2, 0.25) is 19.6 Å². The predicted molar refractivity (Wildman–Crippen MR) is 301 cm³/mol. The molecule has 11 rings (SSSR count). The number of aryl methyl sites for hydroxylation is 1. The molecular weight excluding hydrogens is 1080 g/mol. The maximum Gasteiger partial charge on any atom is 0.114 e. The van der Waals surface area contributed by atoms with E-state index in [0.717, 1.165) is 98.7 Å². The Morgan fingerprint density at radius 2 is 1.32 bits per heavy atom. The predicted octanol–water partition coefficient (Wildman–Crippen LogP) is 17.1. The molecule has 355 valence electrons. The molecule has 0 amide bonds. The van der Waals surface area contributed by atoms with Gasteiger partial charge in [-0.3, -0.25) is 4.98 Å². The third-order valence-corrected chi connectivity index (χ3v) is 16.0. The van der Waals surface area contributed by atoms with E-state index in [4.69, 9.17) is 15.5 Å². The molecule has 0 spiro atoms. The quantitative estimate of drug-likeness (QED) is 0.112. The summed E-state index contributed by atoms with van der Waals surface area (Å²) in [5.41, 5.74) is 14.5. The zero-order valence-corrected chi connectivity index (χ0v) is 45.6. The van der Waals surface area contributed by atoms with Crippen molar-refractivity contribution in [1.82, 2.24) is 19.5 Å². The Labute approximate surface area is 443 Å². The first-order valence-corrected chi connectivity index (χ1v) is 28.2. The van der Waals surface area contributed by atoms with Gasteiger partial charge in [-0.2, -0.15) is 11.3 Å². The molecule has 11 aromatic rings. The van der Waals surface area contributed by atoms with E-state index in [9.17, 15) is 0 Å². The molecule has 0 unspecified atom stereocenters. The summed E-state index contributed by atoms with van der Waals surface area (Å²) >= 11 is 1.63. The number of para-hydroxylation sites is 2. The second-order valence-electron chi connectivity index (χ2n) is 20.1. The summed E-state index contributed by atoms with van der Waals surface area (Å²) in [5.74, 6) is 0.203. The van der Waals surface area contributed by atoms with Crippen molar-refractivity contribution in [1.29, 1.82) is 0 Å². The number of aromatic nitrogens is 4. The van der Waals surface area contributed by atoms with Gasteiger partial charge in [-0.1, -0.05) is 186 Å². The number of fused-ring (bicyclic) bond motifs is 4. The minimum Gasteiger partial charge on any atom is -0.332 e. The van der Waals surface area contributed by atoms with Gasteiger partial charge in [-0.25, -0.2) is 4.98 Å². The molecule has 0 aliphatic rings. The summed E-state index contributed by atoms with van der Waals surface area (Å²) in [4.78, 5) is 16.0. The second-order valence-corrected chi connectivity index (χ2v) is 26.2. The second kappa shape index (κ2) is 20.3. The summed E-state index contributed by atoms with van der Waals surface area (Å²) in [6.07, 6.45) is 1.98. The number of hydrogen-bond donors (Lipinski definition) is 0. The van der Waals surface area contributed by atoms with E-state index in [1.165, 1.54) is 10.8 Å². The molecule has 7 heteroatoms. The van der Waals surface area contributed by atoms with Gasteiger partial charge < -0.3 is 9.55 Å².